The van der Waals surface area contributed by atoms with Crippen molar-refractivity contribution >= 4 is 28.3 Å². The summed E-state index contributed by atoms with van der Waals surface area (Å²) in [4.78, 5) is 4.40. The number of rotatable bonds is 1. The molecule has 0 aliphatic heterocycles. The Kier molecular flexibility index (Phi) is 2.67. The highest BCUT2D eigenvalue weighted by Crippen LogP contribution is 2.23. The van der Waals surface area contributed by atoms with Gasteiger partial charge in [0, 0.05) is 5.56 Å². The van der Waals surface area contributed by atoms with Crippen LogP contribution in [0.1, 0.15) is 0 Å². The highest BCUT2D eigenvalue weighted by molar-refractivity contribution is 14.1. The first kappa shape index (κ1) is 9.45. The molecule has 70 valence electrons. The van der Waals surface area contributed by atoms with Crippen LogP contribution in [0.25, 0.3) is 11.3 Å². The topological polar surface area (TPSA) is 38.9 Å². The van der Waals surface area contributed by atoms with E-state index in [9.17, 15) is 0 Å². The third-order valence-electron chi connectivity index (χ3n) is 1.94. The summed E-state index contributed by atoms with van der Waals surface area (Å²) in [5, 5.41) is 0. The third-order valence-corrected chi connectivity index (χ3v) is 2.54. The van der Waals surface area contributed by atoms with Crippen LogP contribution in [0.15, 0.2) is 42.5 Å². The van der Waals surface area contributed by atoms with Gasteiger partial charge in [-0.15, -0.1) is 0 Å². The fourth-order valence-electron chi connectivity index (χ4n) is 1.27. The molecule has 0 aliphatic carbocycles. The van der Waals surface area contributed by atoms with Gasteiger partial charge in [0.05, 0.1) is 11.4 Å². The first-order valence-electron chi connectivity index (χ1n) is 4.25. The van der Waals surface area contributed by atoms with E-state index in [0.29, 0.717) is 0 Å². The third kappa shape index (κ3) is 1.87. The normalized spacial score (nSPS) is 10.1. The largest absolute Gasteiger partial charge is 0.397 e. The Morgan fingerprint density at radius 3 is 2.43 bits per heavy atom. The molecule has 0 saturated heterocycles. The van der Waals surface area contributed by atoms with Crippen LogP contribution in [-0.4, -0.2) is 4.98 Å². The molecule has 2 rings (SSSR count). The van der Waals surface area contributed by atoms with E-state index in [2.05, 4.69) is 27.6 Å². The standard InChI is InChI=1S/C11H9IN2/c12-10-7-6-9(13)11(14-10)8-4-2-1-3-5-8/h1-7H,13H2. The average molecular weight is 296 g/mol. The van der Waals surface area contributed by atoms with Crippen molar-refractivity contribution in [1.29, 1.82) is 0 Å². The van der Waals surface area contributed by atoms with Gasteiger partial charge in [0.25, 0.3) is 0 Å². The SMILES string of the molecule is Nc1ccc(I)nc1-c1ccccc1. The molecular formula is C11H9IN2. The summed E-state index contributed by atoms with van der Waals surface area (Å²) in [5.41, 5.74) is 8.49. The molecule has 2 nitrogen and oxygen atoms in total. The Hall–Kier alpha value is -1.10. The first-order chi connectivity index (χ1) is 6.77. The maximum absolute atomic E-state index is 5.86. The van der Waals surface area contributed by atoms with Gasteiger partial charge in [0.2, 0.25) is 0 Å². The summed E-state index contributed by atoms with van der Waals surface area (Å²) < 4.78 is 0.954. The summed E-state index contributed by atoms with van der Waals surface area (Å²) in [7, 11) is 0. The summed E-state index contributed by atoms with van der Waals surface area (Å²) in [6.07, 6.45) is 0. The lowest BCUT2D eigenvalue weighted by atomic mass is 10.1. The number of nitrogens with two attached hydrogens (primary N) is 1. The first-order valence-corrected chi connectivity index (χ1v) is 5.32. The number of hydrogen-bond donors (Lipinski definition) is 1. The molecule has 1 aromatic carbocycles. The van der Waals surface area contributed by atoms with Crippen molar-refractivity contribution in [3.63, 3.8) is 0 Å². The van der Waals surface area contributed by atoms with E-state index in [1.165, 1.54) is 0 Å². The van der Waals surface area contributed by atoms with Crippen LogP contribution in [0.3, 0.4) is 0 Å². The van der Waals surface area contributed by atoms with Gasteiger partial charge in [-0.25, -0.2) is 4.98 Å². The highest BCUT2D eigenvalue weighted by Gasteiger charge is 2.03. The molecule has 0 aliphatic rings. The Morgan fingerprint density at radius 2 is 1.71 bits per heavy atom. The number of nitrogen functional groups attached to an aromatic ring is 1. The van der Waals surface area contributed by atoms with Gasteiger partial charge >= 0.3 is 0 Å². The van der Waals surface area contributed by atoms with E-state index in [1.54, 1.807) is 0 Å². The molecule has 0 radical (unpaired) electrons. The molecule has 3 heteroatoms. The summed E-state index contributed by atoms with van der Waals surface area (Å²) >= 11 is 2.18. The molecule has 0 fully saturated rings. The molecule has 1 heterocycles. The number of benzene rings is 1. The molecule has 0 spiro atoms. The number of pyridine rings is 1. The summed E-state index contributed by atoms with van der Waals surface area (Å²) in [6.45, 7) is 0. The molecule has 2 aromatic rings. The monoisotopic (exact) mass is 296 g/mol. The molecule has 14 heavy (non-hydrogen) atoms. The summed E-state index contributed by atoms with van der Waals surface area (Å²) in [5.74, 6) is 0. The Balaban J connectivity index is 2.57. The van der Waals surface area contributed by atoms with Crippen molar-refractivity contribution in [2.45, 2.75) is 0 Å². The minimum atomic E-state index is 0.719. The zero-order valence-electron chi connectivity index (χ0n) is 7.44. The maximum Gasteiger partial charge on any atom is 0.102 e. The second kappa shape index (κ2) is 3.96. The lowest BCUT2D eigenvalue weighted by Gasteiger charge is -2.04. The second-order valence-corrected chi connectivity index (χ2v) is 4.04. The molecule has 0 amide bonds. The van der Waals surface area contributed by atoms with Crippen LogP contribution in [0, 0.1) is 3.70 Å². The van der Waals surface area contributed by atoms with Gasteiger partial charge in [0.15, 0.2) is 0 Å². The van der Waals surface area contributed by atoms with Gasteiger partial charge in [-0.1, -0.05) is 30.3 Å². The predicted molar refractivity (Wildman–Crippen MR) is 66.8 cm³/mol. The minimum absolute atomic E-state index is 0.719. The van der Waals surface area contributed by atoms with E-state index in [-0.39, 0.29) is 0 Å². The molecule has 2 N–H and O–H groups in total. The number of hydrogen-bond acceptors (Lipinski definition) is 2. The lowest BCUT2D eigenvalue weighted by Crippen LogP contribution is -1.94. The maximum atomic E-state index is 5.86. The van der Waals surface area contributed by atoms with Crippen LogP contribution in [-0.2, 0) is 0 Å². The lowest BCUT2D eigenvalue weighted by molar-refractivity contribution is 1.28. The van der Waals surface area contributed by atoms with Crippen LogP contribution >= 0.6 is 22.6 Å². The number of anilines is 1. The van der Waals surface area contributed by atoms with Crippen LogP contribution < -0.4 is 5.73 Å². The Labute approximate surface area is 96.3 Å². The van der Waals surface area contributed by atoms with Crippen molar-refractivity contribution in [3.05, 3.63) is 46.2 Å². The van der Waals surface area contributed by atoms with Gasteiger partial charge in [0.1, 0.15) is 3.70 Å². The van der Waals surface area contributed by atoms with Crippen molar-refractivity contribution < 1.29 is 0 Å². The van der Waals surface area contributed by atoms with Crippen molar-refractivity contribution in [1.82, 2.24) is 4.98 Å². The number of aromatic nitrogens is 1. The zero-order chi connectivity index (χ0) is 9.97. The molecule has 0 unspecified atom stereocenters. The van der Waals surface area contributed by atoms with E-state index >= 15 is 0 Å². The van der Waals surface area contributed by atoms with Crippen molar-refractivity contribution in [2.24, 2.45) is 0 Å². The Morgan fingerprint density at radius 1 is 1.00 bits per heavy atom. The fourth-order valence-corrected chi connectivity index (χ4v) is 1.69. The van der Waals surface area contributed by atoms with E-state index in [0.717, 1.165) is 20.6 Å². The van der Waals surface area contributed by atoms with E-state index < -0.39 is 0 Å². The molecule has 0 atom stereocenters. The van der Waals surface area contributed by atoms with Crippen LogP contribution in [0.2, 0.25) is 0 Å². The fraction of sp³-hybridized carbons (Fsp3) is 0. The molecular weight excluding hydrogens is 287 g/mol. The number of nitrogens with zero attached hydrogens (tertiary/aromatic N) is 1. The van der Waals surface area contributed by atoms with Gasteiger partial charge in [-0.3, -0.25) is 0 Å². The smallest absolute Gasteiger partial charge is 0.102 e. The van der Waals surface area contributed by atoms with Gasteiger partial charge in [-0.2, -0.15) is 0 Å². The van der Waals surface area contributed by atoms with Gasteiger partial charge < -0.3 is 5.73 Å². The molecule has 0 bridgehead atoms. The number of halogens is 1. The van der Waals surface area contributed by atoms with Crippen molar-refractivity contribution in [3.8, 4) is 11.3 Å². The quantitative estimate of drug-likeness (QED) is 0.649. The van der Waals surface area contributed by atoms with Crippen molar-refractivity contribution in [2.75, 3.05) is 5.73 Å². The molecule has 0 saturated carbocycles. The van der Waals surface area contributed by atoms with Gasteiger partial charge in [-0.05, 0) is 34.7 Å². The highest BCUT2D eigenvalue weighted by atomic mass is 127. The van der Waals surface area contributed by atoms with E-state index in [1.807, 2.05) is 42.5 Å². The average Bonchev–Trinajstić information content (AvgIpc) is 2.23. The molecule has 1 aromatic heterocycles. The Bertz CT molecular complexity index is 440. The second-order valence-electron chi connectivity index (χ2n) is 2.94. The zero-order valence-corrected chi connectivity index (χ0v) is 9.60. The van der Waals surface area contributed by atoms with E-state index in [4.69, 9.17) is 5.73 Å². The van der Waals surface area contributed by atoms with Crippen LogP contribution in [0.4, 0.5) is 5.69 Å². The predicted octanol–water partition coefficient (Wildman–Crippen LogP) is 2.94. The summed E-state index contributed by atoms with van der Waals surface area (Å²) in [6, 6.07) is 13.8. The minimum Gasteiger partial charge on any atom is -0.397 e. The van der Waals surface area contributed by atoms with Crippen LogP contribution in [0.5, 0.6) is 0 Å².